The van der Waals surface area contributed by atoms with Gasteiger partial charge in [0.05, 0.1) is 16.3 Å². The molecule has 0 bridgehead atoms. The first-order valence-corrected chi connectivity index (χ1v) is 9.93. The highest BCUT2D eigenvalue weighted by Gasteiger charge is 2.29. The molecule has 0 N–H and O–H groups in total. The van der Waals surface area contributed by atoms with Gasteiger partial charge in [-0.05, 0) is 67.6 Å². The molecule has 2 aromatic carbocycles. The van der Waals surface area contributed by atoms with Crippen LogP contribution >= 0.6 is 0 Å². The molecule has 0 saturated heterocycles. The lowest BCUT2D eigenvalue weighted by atomic mass is 10.1. The topological polar surface area (TPSA) is 39.2 Å². The van der Waals surface area contributed by atoms with Crippen LogP contribution in [0.4, 0.5) is 0 Å². The number of nitrogens with zero attached hydrogens (tertiary/aromatic N) is 1. The molecule has 1 aliphatic carbocycles. The molecular weight excluding hydrogens is 330 g/mol. The Bertz CT molecular complexity index is 963. The summed E-state index contributed by atoms with van der Waals surface area (Å²) in [6.45, 7) is 4.21. The van der Waals surface area contributed by atoms with Crippen molar-refractivity contribution in [3.63, 3.8) is 0 Å². The van der Waals surface area contributed by atoms with E-state index < -0.39 is 10.8 Å². The van der Waals surface area contributed by atoms with Crippen molar-refractivity contribution in [3.8, 4) is 11.5 Å². The normalized spacial score (nSPS) is 15.3. The fraction of sp³-hybridized carbons (Fsp3) is 0.286. The third-order valence-corrected chi connectivity index (χ3v) is 6.40. The molecular formula is C21H21NO2S. The third kappa shape index (κ3) is 3.31. The second kappa shape index (κ2) is 6.60. The van der Waals surface area contributed by atoms with Gasteiger partial charge in [-0.1, -0.05) is 19.1 Å². The van der Waals surface area contributed by atoms with Crippen molar-refractivity contribution in [2.24, 2.45) is 0 Å². The van der Waals surface area contributed by atoms with Gasteiger partial charge in [0.2, 0.25) is 0 Å². The maximum atomic E-state index is 12.5. The number of pyridine rings is 1. The van der Waals surface area contributed by atoms with Crippen molar-refractivity contribution in [1.82, 2.24) is 4.98 Å². The molecule has 1 aliphatic rings. The molecule has 1 unspecified atom stereocenters. The van der Waals surface area contributed by atoms with Crippen LogP contribution in [-0.4, -0.2) is 14.4 Å². The van der Waals surface area contributed by atoms with E-state index in [-0.39, 0.29) is 0 Å². The summed E-state index contributed by atoms with van der Waals surface area (Å²) in [4.78, 5) is 5.28. The van der Waals surface area contributed by atoms with Gasteiger partial charge in [-0.2, -0.15) is 0 Å². The monoisotopic (exact) mass is 351 g/mol. The Labute approximate surface area is 150 Å². The molecule has 0 radical (unpaired) electrons. The SMILES string of the molecule is CCc1ccc(Oc2ccnc3ccc(S(=O)C4CC4)cc23)c(C)c1. The van der Waals surface area contributed by atoms with Crippen LogP contribution in [-0.2, 0) is 17.2 Å². The summed E-state index contributed by atoms with van der Waals surface area (Å²) in [5.74, 6) is 1.60. The number of benzene rings is 2. The Kier molecular flexibility index (Phi) is 4.30. The van der Waals surface area contributed by atoms with Crippen LogP contribution in [0.5, 0.6) is 11.5 Å². The lowest BCUT2D eigenvalue weighted by molar-refractivity contribution is 0.483. The third-order valence-electron chi connectivity index (χ3n) is 4.60. The van der Waals surface area contributed by atoms with E-state index in [4.69, 9.17) is 4.74 Å². The maximum absolute atomic E-state index is 12.5. The fourth-order valence-electron chi connectivity index (χ4n) is 2.95. The first-order chi connectivity index (χ1) is 12.2. The summed E-state index contributed by atoms with van der Waals surface area (Å²) >= 11 is 0. The van der Waals surface area contributed by atoms with Crippen LogP contribution in [0.3, 0.4) is 0 Å². The summed E-state index contributed by atoms with van der Waals surface area (Å²) in [5, 5.41) is 1.23. The van der Waals surface area contributed by atoms with Gasteiger partial charge in [0.1, 0.15) is 11.5 Å². The van der Waals surface area contributed by atoms with Crippen LogP contribution in [0.25, 0.3) is 10.9 Å². The summed E-state index contributed by atoms with van der Waals surface area (Å²) in [7, 11) is -0.927. The summed E-state index contributed by atoms with van der Waals surface area (Å²) in [6.07, 6.45) is 4.88. The number of rotatable bonds is 5. The van der Waals surface area contributed by atoms with Gasteiger partial charge in [0.25, 0.3) is 0 Å². The minimum atomic E-state index is -0.927. The zero-order chi connectivity index (χ0) is 17.4. The highest BCUT2D eigenvalue weighted by atomic mass is 32.2. The highest BCUT2D eigenvalue weighted by molar-refractivity contribution is 7.86. The lowest BCUT2D eigenvalue weighted by Crippen LogP contribution is -1.98. The Morgan fingerprint density at radius 1 is 1.12 bits per heavy atom. The van der Waals surface area contributed by atoms with Gasteiger partial charge in [0, 0.05) is 21.7 Å². The van der Waals surface area contributed by atoms with Crippen LogP contribution in [0.2, 0.25) is 0 Å². The van der Waals surface area contributed by atoms with E-state index in [9.17, 15) is 4.21 Å². The molecule has 0 spiro atoms. The number of ether oxygens (including phenoxy) is 1. The van der Waals surface area contributed by atoms with Gasteiger partial charge in [0.15, 0.2) is 0 Å². The van der Waals surface area contributed by atoms with Crippen LogP contribution < -0.4 is 4.74 Å². The minimum absolute atomic E-state index is 0.322. The van der Waals surface area contributed by atoms with E-state index >= 15 is 0 Å². The average molecular weight is 351 g/mol. The summed E-state index contributed by atoms with van der Waals surface area (Å²) in [5.41, 5.74) is 3.27. The van der Waals surface area contributed by atoms with E-state index in [1.165, 1.54) is 5.56 Å². The molecule has 4 heteroatoms. The zero-order valence-electron chi connectivity index (χ0n) is 14.5. The van der Waals surface area contributed by atoms with Crippen LogP contribution in [0, 0.1) is 6.92 Å². The van der Waals surface area contributed by atoms with E-state index in [1.807, 2.05) is 30.3 Å². The number of aromatic nitrogens is 1. The van der Waals surface area contributed by atoms with Crippen molar-refractivity contribution in [1.29, 1.82) is 0 Å². The van der Waals surface area contributed by atoms with E-state index in [0.29, 0.717) is 5.25 Å². The van der Waals surface area contributed by atoms with Crippen molar-refractivity contribution >= 4 is 21.7 Å². The van der Waals surface area contributed by atoms with Gasteiger partial charge in [-0.3, -0.25) is 9.19 Å². The average Bonchev–Trinajstić information content (AvgIpc) is 3.48. The molecule has 0 aliphatic heterocycles. The second-order valence-corrected chi connectivity index (χ2v) is 8.27. The number of hydrogen-bond acceptors (Lipinski definition) is 3. The largest absolute Gasteiger partial charge is 0.456 e. The molecule has 1 fully saturated rings. The molecule has 25 heavy (non-hydrogen) atoms. The first kappa shape index (κ1) is 16.3. The smallest absolute Gasteiger partial charge is 0.138 e. The molecule has 4 rings (SSSR count). The minimum Gasteiger partial charge on any atom is -0.456 e. The maximum Gasteiger partial charge on any atom is 0.138 e. The Hall–Kier alpha value is -2.20. The van der Waals surface area contributed by atoms with Gasteiger partial charge in [-0.25, -0.2) is 0 Å². The molecule has 0 amide bonds. The van der Waals surface area contributed by atoms with Crippen LogP contribution in [0.1, 0.15) is 30.9 Å². The van der Waals surface area contributed by atoms with E-state index in [1.54, 1.807) is 6.20 Å². The lowest BCUT2D eigenvalue weighted by Gasteiger charge is -2.12. The number of aryl methyl sites for hydroxylation is 2. The standard InChI is InChI=1S/C21H21NO2S/c1-3-15-4-9-20(14(2)12-15)24-21-10-11-22-19-8-7-17(13-18(19)21)25(23)16-5-6-16/h4,7-13,16H,3,5-6H2,1-2H3. The molecule has 1 saturated carbocycles. The van der Waals surface area contributed by atoms with Crippen molar-refractivity contribution in [3.05, 3.63) is 59.8 Å². The van der Waals surface area contributed by atoms with E-state index in [0.717, 1.165) is 52.1 Å². The van der Waals surface area contributed by atoms with Gasteiger partial charge in [-0.15, -0.1) is 0 Å². The molecule has 128 valence electrons. The Morgan fingerprint density at radius 3 is 2.68 bits per heavy atom. The first-order valence-electron chi connectivity index (χ1n) is 8.72. The molecule has 1 heterocycles. The van der Waals surface area contributed by atoms with Gasteiger partial charge >= 0.3 is 0 Å². The molecule has 3 aromatic rings. The van der Waals surface area contributed by atoms with Crippen molar-refractivity contribution < 1.29 is 8.95 Å². The van der Waals surface area contributed by atoms with Gasteiger partial charge < -0.3 is 4.74 Å². The Morgan fingerprint density at radius 2 is 1.96 bits per heavy atom. The second-order valence-electron chi connectivity index (χ2n) is 6.54. The van der Waals surface area contributed by atoms with Crippen molar-refractivity contribution in [2.75, 3.05) is 0 Å². The molecule has 3 nitrogen and oxygen atoms in total. The zero-order valence-corrected chi connectivity index (χ0v) is 15.3. The predicted molar refractivity (Wildman–Crippen MR) is 102 cm³/mol. The Balaban J connectivity index is 1.73. The summed E-state index contributed by atoms with van der Waals surface area (Å²) < 4.78 is 18.7. The predicted octanol–water partition coefficient (Wildman–Crippen LogP) is 5.17. The van der Waals surface area contributed by atoms with Crippen molar-refractivity contribution in [2.45, 2.75) is 43.3 Å². The summed E-state index contributed by atoms with van der Waals surface area (Å²) in [6, 6.07) is 14.0. The number of fused-ring (bicyclic) bond motifs is 1. The highest BCUT2D eigenvalue weighted by Crippen LogP contribution is 2.35. The fourth-order valence-corrected chi connectivity index (χ4v) is 4.34. The molecule has 1 aromatic heterocycles. The van der Waals surface area contributed by atoms with E-state index in [2.05, 4.69) is 31.0 Å². The van der Waals surface area contributed by atoms with Crippen LogP contribution in [0.15, 0.2) is 53.6 Å². The quantitative estimate of drug-likeness (QED) is 0.637. The number of hydrogen-bond donors (Lipinski definition) is 0. The molecule has 1 atom stereocenters.